The average molecular weight is 384 g/mol. The molecule has 0 aliphatic heterocycles. The van der Waals surface area contributed by atoms with Crippen LogP contribution >= 0.6 is 0 Å². The van der Waals surface area contributed by atoms with E-state index < -0.39 is 23.0 Å². The summed E-state index contributed by atoms with van der Waals surface area (Å²) in [5.74, 6) is -1.02. The van der Waals surface area contributed by atoms with Gasteiger partial charge in [-0.15, -0.1) is 0 Å². The molecule has 0 aliphatic carbocycles. The molecule has 0 saturated heterocycles. The topological polar surface area (TPSA) is 95.2 Å². The highest BCUT2D eigenvalue weighted by Gasteiger charge is 2.15. The molecule has 9 heteroatoms. The maximum atomic E-state index is 13.8. The van der Waals surface area contributed by atoms with Gasteiger partial charge in [-0.05, 0) is 18.2 Å². The zero-order valence-electron chi connectivity index (χ0n) is 15.2. The summed E-state index contributed by atoms with van der Waals surface area (Å²) >= 11 is 0. The Morgan fingerprint density at radius 2 is 1.89 bits per heavy atom. The van der Waals surface area contributed by atoms with Crippen molar-refractivity contribution < 1.29 is 13.9 Å². The van der Waals surface area contributed by atoms with E-state index in [9.17, 15) is 18.8 Å². The number of nitrogens with zero attached hydrogens (tertiary/aromatic N) is 3. The first-order valence-corrected chi connectivity index (χ1v) is 8.30. The molecule has 0 unspecified atom stereocenters. The fourth-order valence-electron chi connectivity index (χ4n) is 2.50. The zero-order chi connectivity index (χ0) is 20.3. The molecule has 144 valence electrons. The summed E-state index contributed by atoms with van der Waals surface area (Å²) in [6.45, 7) is -0.000139. The van der Waals surface area contributed by atoms with Crippen LogP contribution in [0.5, 0.6) is 11.6 Å². The van der Waals surface area contributed by atoms with Crippen LogP contribution in [0.1, 0.15) is 16.1 Å². The second-order valence-electron chi connectivity index (χ2n) is 5.95. The quantitative estimate of drug-likeness (QED) is 0.716. The first-order valence-electron chi connectivity index (χ1n) is 8.30. The third kappa shape index (κ3) is 3.83. The third-order valence-corrected chi connectivity index (χ3v) is 4.09. The molecule has 1 amide bonds. The lowest BCUT2D eigenvalue weighted by molar-refractivity contribution is 0.0940. The van der Waals surface area contributed by atoms with Crippen LogP contribution in [0.25, 0.3) is 0 Å². The molecule has 0 bridgehead atoms. The zero-order valence-corrected chi connectivity index (χ0v) is 15.2. The largest absolute Gasteiger partial charge is 0.436 e. The van der Waals surface area contributed by atoms with Crippen LogP contribution in [-0.4, -0.2) is 20.0 Å². The Labute approximate surface area is 158 Å². The normalized spacial score (nSPS) is 10.5. The molecular formula is C19H17FN4O4. The first kappa shape index (κ1) is 19.0. The van der Waals surface area contributed by atoms with Crippen LogP contribution in [0.3, 0.4) is 0 Å². The molecule has 0 aliphatic rings. The van der Waals surface area contributed by atoms with Gasteiger partial charge >= 0.3 is 5.69 Å². The van der Waals surface area contributed by atoms with Crippen molar-refractivity contribution in [3.63, 3.8) is 0 Å². The molecule has 0 saturated carbocycles. The Kier molecular flexibility index (Phi) is 5.35. The lowest BCUT2D eigenvalue weighted by Gasteiger charge is -2.12. The number of amides is 1. The summed E-state index contributed by atoms with van der Waals surface area (Å²) in [6.07, 6.45) is 1.48. The van der Waals surface area contributed by atoms with Crippen molar-refractivity contribution in [2.45, 2.75) is 6.54 Å². The summed E-state index contributed by atoms with van der Waals surface area (Å²) in [4.78, 5) is 40.3. The second kappa shape index (κ2) is 7.87. The number of halogens is 1. The van der Waals surface area contributed by atoms with Gasteiger partial charge in [0.05, 0.1) is 0 Å². The Balaban J connectivity index is 1.81. The number of benzene rings is 1. The van der Waals surface area contributed by atoms with E-state index >= 15 is 0 Å². The molecule has 3 aromatic rings. The van der Waals surface area contributed by atoms with Crippen molar-refractivity contribution in [2.24, 2.45) is 14.1 Å². The van der Waals surface area contributed by atoms with E-state index in [-0.39, 0.29) is 23.9 Å². The van der Waals surface area contributed by atoms with Crippen LogP contribution in [0.15, 0.2) is 58.3 Å². The standard InChI is InChI=1S/C19H17FN4O4/c1-23-14(10-16(25)24(2)19(23)27)17(26)22-11-12-6-5-9-21-18(12)28-15-8-4-3-7-13(15)20/h3-10H,11H2,1-2H3,(H,22,26). The Bertz CT molecular complexity index is 1150. The smallest absolute Gasteiger partial charge is 0.331 e. The number of aromatic nitrogens is 3. The molecule has 2 heterocycles. The highest BCUT2D eigenvalue weighted by molar-refractivity contribution is 5.92. The number of hydrogen-bond acceptors (Lipinski definition) is 5. The van der Waals surface area contributed by atoms with E-state index in [1.54, 1.807) is 18.2 Å². The Morgan fingerprint density at radius 1 is 1.14 bits per heavy atom. The number of hydrogen-bond donors (Lipinski definition) is 1. The highest BCUT2D eigenvalue weighted by atomic mass is 19.1. The second-order valence-corrected chi connectivity index (χ2v) is 5.95. The Hall–Kier alpha value is -3.75. The minimum Gasteiger partial charge on any atom is -0.436 e. The van der Waals surface area contributed by atoms with Crippen molar-refractivity contribution in [1.29, 1.82) is 0 Å². The number of para-hydroxylation sites is 1. The molecule has 8 nitrogen and oxygen atoms in total. The maximum absolute atomic E-state index is 13.8. The van der Waals surface area contributed by atoms with Gasteiger partial charge in [-0.3, -0.25) is 18.7 Å². The van der Waals surface area contributed by atoms with E-state index in [2.05, 4.69) is 10.3 Å². The molecule has 1 aromatic carbocycles. The molecule has 28 heavy (non-hydrogen) atoms. The van der Waals surface area contributed by atoms with Gasteiger partial charge in [0.25, 0.3) is 11.5 Å². The number of pyridine rings is 1. The van der Waals surface area contributed by atoms with Crippen LogP contribution in [-0.2, 0) is 20.6 Å². The van der Waals surface area contributed by atoms with Gasteiger partial charge in [-0.2, -0.15) is 0 Å². The molecular weight excluding hydrogens is 367 g/mol. The minimum absolute atomic E-state index is 0.000139. The van der Waals surface area contributed by atoms with Crippen LogP contribution < -0.4 is 21.3 Å². The highest BCUT2D eigenvalue weighted by Crippen LogP contribution is 2.25. The van der Waals surface area contributed by atoms with Crippen LogP contribution in [0.4, 0.5) is 4.39 Å². The number of carbonyl (C=O) groups excluding carboxylic acids is 1. The lowest BCUT2D eigenvalue weighted by Crippen LogP contribution is -2.41. The van der Waals surface area contributed by atoms with Gasteiger partial charge in [0.2, 0.25) is 5.88 Å². The van der Waals surface area contributed by atoms with Crippen LogP contribution in [0, 0.1) is 5.82 Å². The predicted molar refractivity (Wildman–Crippen MR) is 98.8 cm³/mol. The first-order chi connectivity index (χ1) is 13.4. The van der Waals surface area contributed by atoms with Crippen LogP contribution in [0.2, 0.25) is 0 Å². The summed E-state index contributed by atoms with van der Waals surface area (Å²) in [5, 5.41) is 2.61. The van der Waals surface area contributed by atoms with Gasteiger partial charge in [0.1, 0.15) is 5.69 Å². The number of rotatable bonds is 5. The maximum Gasteiger partial charge on any atom is 0.331 e. The summed E-state index contributed by atoms with van der Waals surface area (Å²) in [6, 6.07) is 10.3. The third-order valence-electron chi connectivity index (χ3n) is 4.09. The molecule has 0 fully saturated rings. The monoisotopic (exact) mass is 384 g/mol. The van der Waals surface area contributed by atoms with Crippen molar-refractivity contribution in [3.05, 3.63) is 86.6 Å². The van der Waals surface area contributed by atoms with Crippen molar-refractivity contribution in [1.82, 2.24) is 19.4 Å². The number of carbonyl (C=O) groups is 1. The Morgan fingerprint density at radius 3 is 2.64 bits per heavy atom. The van der Waals surface area contributed by atoms with E-state index in [0.29, 0.717) is 5.56 Å². The van der Waals surface area contributed by atoms with E-state index in [1.807, 2.05) is 0 Å². The van der Waals surface area contributed by atoms with Crippen molar-refractivity contribution in [2.75, 3.05) is 0 Å². The minimum atomic E-state index is -0.613. The fourth-order valence-corrected chi connectivity index (χ4v) is 2.50. The molecule has 0 spiro atoms. The van der Waals surface area contributed by atoms with Gasteiger partial charge in [-0.1, -0.05) is 18.2 Å². The summed E-state index contributed by atoms with van der Waals surface area (Å²) < 4.78 is 21.3. The number of ether oxygens (including phenoxy) is 1. The van der Waals surface area contributed by atoms with E-state index in [0.717, 1.165) is 15.2 Å². The summed E-state index contributed by atoms with van der Waals surface area (Å²) in [5.41, 5.74) is -0.776. The van der Waals surface area contributed by atoms with E-state index in [4.69, 9.17) is 4.74 Å². The van der Waals surface area contributed by atoms with Gasteiger partial charge in [0.15, 0.2) is 11.6 Å². The predicted octanol–water partition coefficient (Wildman–Crippen LogP) is 1.34. The lowest BCUT2D eigenvalue weighted by atomic mass is 10.2. The molecule has 2 aromatic heterocycles. The fraction of sp³-hybridized carbons (Fsp3) is 0.158. The molecule has 1 N–H and O–H groups in total. The molecule has 3 rings (SSSR count). The SMILES string of the molecule is Cn1c(C(=O)NCc2cccnc2Oc2ccccc2F)cc(=O)n(C)c1=O. The molecule has 0 radical (unpaired) electrons. The van der Waals surface area contributed by atoms with Gasteiger partial charge in [0, 0.05) is 38.5 Å². The van der Waals surface area contributed by atoms with Crippen molar-refractivity contribution >= 4 is 5.91 Å². The van der Waals surface area contributed by atoms with Gasteiger partial charge < -0.3 is 10.1 Å². The average Bonchev–Trinajstić information content (AvgIpc) is 2.70. The van der Waals surface area contributed by atoms with E-state index in [1.165, 1.54) is 38.5 Å². The summed E-state index contributed by atoms with van der Waals surface area (Å²) in [7, 11) is 2.72. The van der Waals surface area contributed by atoms with Gasteiger partial charge in [-0.25, -0.2) is 14.2 Å². The molecule has 0 atom stereocenters. The van der Waals surface area contributed by atoms with Crippen molar-refractivity contribution in [3.8, 4) is 11.6 Å². The number of nitrogens with one attached hydrogen (secondary N) is 1.